The van der Waals surface area contributed by atoms with Crippen LogP contribution in [-0.4, -0.2) is 49.0 Å². The van der Waals surface area contributed by atoms with E-state index in [2.05, 4.69) is 52.9 Å². The Kier molecular flexibility index (Phi) is 8.86. The normalized spacial score (nSPS) is 22.7. The molecule has 1 heterocycles. The molecule has 2 fully saturated rings. The smallest absolute Gasteiger partial charge is 0.244 e. The molecule has 27 heavy (non-hydrogen) atoms. The molecule has 1 aromatic carbocycles. The average molecular weight is 484 g/mol. The highest BCUT2D eigenvalue weighted by Gasteiger charge is 2.33. The molecule has 2 unspecified atom stereocenters. The molecule has 150 valence electrons. The largest absolute Gasteiger partial charge is 0.357 e. The third-order valence-corrected chi connectivity index (χ3v) is 5.48. The van der Waals surface area contributed by atoms with Gasteiger partial charge in [0, 0.05) is 25.7 Å². The number of halogens is 1. The Balaban J connectivity index is 0.00000261. The molecule has 1 saturated heterocycles. The third kappa shape index (κ3) is 6.97. The molecule has 2 N–H and O–H groups in total. The molecule has 1 saturated carbocycles. The van der Waals surface area contributed by atoms with Gasteiger partial charge in [-0.05, 0) is 50.0 Å². The fourth-order valence-electron chi connectivity index (χ4n) is 3.60. The number of nitrogens with one attached hydrogen (secondary N) is 2. The molecule has 0 radical (unpaired) electrons. The monoisotopic (exact) mass is 484 g/mol. The summed E-state index contributed by atoms with van der Waals surface area (Å²) in [4.78, 5) is 19.0. The number of amides is 1. The van der Waals surface area contributed by atoms with Crippen LogP contribution in [0.4, 0.5) is 0 Å². The first-order chi connectivity index (χ1) is 12.7. The van der Waals surface area contributed by atoms with Crippen LogP contribution in [0.3, 0.4) is 0 Å². The second kappa shape index (κ2) is 10.9. The standard InChI is InChI=1S/C21H32N4O.HI/c1-3-22-21(24-19-13-16(19)2)23-15-20(26)25-11-9-18(10-12-25)14-17-7-5-4-6-8-17;/h4-8,16,18-19H,3,9-15H2,1-2H3,(H2,22,23,24);1H. The zero-order chi connectivity index (χ0) is 18.4. The first-order valence-corrected chi connectivity index (χ1v) is 10.0. The van der Waals surface area contributed by atoms with Gasteiger partial charge in [0.25, 0.3) is 0 Å². The van der Waals surface area contributed by atoms with Crippen molar-refractivity contribution in [2.75, 3.05) is 26.2 Å². The van der Waals surface area contributed by atoms with Crippen molar-refractivity contribution >= 4 is 35.8 Å². The summed E-state index contributed by atoms with van der Waals surface area (Å²) in [7, 11) is 0. The van der Waals surface area contributed by atoms with Gasteiger partial charge in [0.1, 0.15) is 6.54 Å². The summed E-state index contributed by atoms with van der Waals surface area (Å²) in [5, 5.41) is 6.64. The molecule has 6 heteroatoms. The van der Waals surface area contributed by atoms with Crippen LogP contribution in [0.15, 0.2) is 35.3 Å². The topological polar surface area (TPSA) is 56.7 Å². The highest BCUT2D eigenvalue weighted by molar-refractivity contribution is 14.0. The molecule has 1 aromatic rings. The molecule has 1 amide bonds. The molecule has 0 spiro atoms. The molecular formula is C21H33IN4O. The van der Waals surface area contributed by atoms with E-state index in [0.29, 0.717) is 17.9 Å². The summed E-state index contributed by atoms with van der Waals surface area (Å²) in [5.74, 6) is 2.30. The van der Waals surface area contributed by atoms with E-state index in [1.165, 1.54) is 12.0 Å². The van der Waals surface area contributed by atoms with Gasteiger partial charge in [-0.1, -0.05) is 37.3 Å². The minimum Gasteiger partial charge on any atom is -0.357 e. The Morgan fingerprint density at radius 2 is 1.89 bits per heavy atom. The first-order valence-electron chi connectivity index (χ1n) is 10.0. The lowest BCUT2D eigenvalue weighted by atomic mass is 9.90. The van der Waals surface area contributed by atoms with E-state index in [0.717, 1.165) is 44.9 Å². The maximum Gasteiger partial charge on any atom is 0.244 e. The minimum absolute atomic E-state index is 0. The molecule has 1 aliphatic heterocycles. The van der Waals surface area contributed by atoms with Gasteiger partial charge in [0.15, 0.2) is 5.96 Å². The minimum atomic E-state index is 0. The van der Waals surface area contributed by atoms with Gasteiger partial charge in [0.05, 0.1) is 0 Å². The molecule has 5 nitrogen and oxygen atoms in total. The summed E-state index contributed by atoms with van der Waals surface area (Å²) in [5.41, 5.74) is 1.40. The number of piperidine rings is 1. The van der Waals surface area contributed by atoms with Crippen molar-refractivity contribution < 1.29 is 4.79 Å². The van der Waals surface area contributed by atoms with Crippen molar-refractivity contribution in [1.82, 2.24) is 15.5 Å². The Morgan fingerprint density at radius 1 is 1.22 bits per heavy atom. The van der Waals surface area contributed by atoms with Gasteiger partial charge in [-0.15, -0.1) is 24.0 Å². The molecular weight excluding hydrogens is 451 g/mol. The van der Waals surface area contributed by atoms with Crippen LogP contribution < -0.4 is 10.6 Å². The van der Waals surface area contributed by atoms with Crippen molar-refractivity contribution in [1.29, 1.82) is 0 Å². The lowest BCUT2D eigenvalue weighted by Crippen LogP contribution is -2.42. The van der Waals surface area contributed by atoms with Crippen LogP contribution in [-0.2, 0) is 11.2 Å². The number of benzene rings is 1. The van der Waals surface area contributed by atoms with Gasteiger partial charge in [0.2, 0.25) is 5.91 Å². The second-order valence-corrected chi connectivity index (χ2v) is 7.67. The number of nitrogens with zero attached hydrogens (tertiary/aromatic N) is 2. The molecule has 2 aliphatic rings. The highest BCUT2D eigenvalue weighted by Crippen LogP contribution is 2.28. The fourth-order valence-corrected chi connectivity index (χ4v) is 3.60. The van der Waals surface area contributed by atoms with Crippen LogP contribution in [0.2, 0.25) is 0 Å². The predicted octanol–water partition coefficient (Wildman–Crippen LogP) is 3.05. The number of carbonyl (C=O) groups is 1. The van der Waals surface area contributed by atoms with Crippen LogP contribution in [0.1, 0.15) is 38.7 Å². The highest BCUT2D eigenvalue weighted by atomic mass is 127. The van der Waals surface area contributed by atoms with Crippen LogP contribution in [0, 0.1) is 11.8 Å². The fraction of sp³-hybridized carbons (Fsp3) is 0.619. The lowest BCUT2D eigenvalue weighted by Gasteiger charge is -2.32. The van der Waals surface area contributed by atoms with E-state index < -0.39 is 0 Å². The van der Waals surface area contributed by atoms with Crippen molar-refractivity contribution in [2.24, 2.45) is 16.8 Å². The van der Waals surface area contributed by atoms with E-state index in [4.69, 9.17) is 0 Å². The van der Waals surface area contributed by atoms with E-state index in [9.17, 15) is 4.79 Å². The Hall–Kier alpha value is -1.31. The SMILES string of the molecule is CCNC(=NCC(=O)N1CCC(Cc2ccccc2)CC1)NC1CC1C.I. The van der Waals surface area contributed by atoms with Gasteiger partial charge in [-0.2, -0.15) is 0 Å². The predicted molar refractivity (Wildman–Crippen MR) is 122 cm³/mol. The Bertz CT molecular complexity index is 614. The van der Waals surface area contributed by atoms with E-state index in [1.807, 2.05) is 11.8 Å². The van der Waals surface area contributed by atoms with E-state index in [-0.39, 0.29) is 36.4 Å². The number of aliphatic imine (C=N–C) groups is 1. The number of rotatable bonds is 6. The summed E-state index contributed by atoms with van der Waals surface area (Å²) in [6, 6.07) is 11.2. The summed E-state index contributed by atoms with van der Waals surface area (Å²) in [6.45, 7) is 7.04. The number of hydrogen-bond acceptors (Lipinski definition) is 2. The summed E-state index contributed by atoms with van der Waals surface area (Å²) < 4.78 is 0. The van der Waals surface area contributed by atoms with Crippen molar-refractivity contribution in [3.05, 3.63) is 35.9 Å². The Labute approximate surface area is 180 Å². The number of hydrogen-bond donors (Lipinski definition) is 2. The molecule has 0 aromatic heterocycles. The molecule has 1 aliphatic carbocycles. The number of carbonyl (C=O) groups excluding carboxylic acids is 1. The zero-order valence-electron chi connectivity index (χ0n) is 16.5. The summed E-state index contributed by atoms with van der Waals surface area (Å²) in [6.07, 6.45) is 4.48. The van der Waals surface area contributed by atoms with Crippen LogP contribution >= 0.6 is 24.0 Å². The molecule has 3 rings (SSSR count). The second-order valence-electron chi connectivity index (χ2n) is 7.67. The first kappa shape index (κ1) is 22.0. The van der Waals surface area contributed by atoms with Crippen molar-refractivity contribution in [3.8, 4) is 0 Å². The number of guanidine groups is 1. The third-order valence-electron chi connectivity index (χ3n) is 5.48. The van der Waals surface area contributed by atoms with Gasteiger partial charge < -0.3 is 15.5 Å². The quantitative estimate of drug-likeness (QED) is 0.371. The number of likely N-dealkylation sites (tertiary alicyclic amines) is 1. The molecule has 2 atom stereocenters. The van der Waals surface area contributed by atoms with Crippen LogP contribution in [0.25, 0.3) is 0 Å². The lowest BCUT2D eigenvalue weighted by molar-refractivity contribution is -0.130. The van der Waals surface area contributed by atoms with Crippen LogP contribution in [0.5, 0.6) is 0 Å². The molecule has 0 bridgehead atoms. The maximum absolute atomic E-state index is 12.5. The van der Waals surface area contributed by atoms with Crippen molar-refractivity contribution in [2.45, 2.75) is 45.6 Å². The van der Waals surface area contributed by atoms with E-state index in [1.54, 1.807) is 0 Å². The Morgan fingerprint density at radius 3 is 2.48 bits per heavy atom. The van der Waals surface area contributed by atoms with Gasteiger partial charge >= 0.3 is 0 Å². The average Bonchev–Trinajstić information content (AvgIpc) is 3.35. The van der Waals surface area contributed by atoms with Crippen molar-refractivity contribution in [3.63, 3.8) is 0 Å². The van der Waals surface area contributed by atoms with Gasteiger partial charge in [-0.3, -0.25) is 4.79 Å². The zero-order valence-corrected chi connectivity index (χ0v) is 18.8. The van der Waals surface area contributed by atoms with Gasteiger partial charge in [-0.25, -0.2) is 4.99 Å². The maximum atomic E-state index is 12.5. The van der Waals surface area contributed by atoms with E-state index >= 15 is 0 Å². The summed E-state index contributed by atoms with van der Waals surface area (Å²) >= 11 is 0.